The minimum Gasteiger partial charge on any atom is -0.320 e. The summed E-state index contributed by atoms with van der Waals surface area (Å²) in [5, 5.41) is 3.21. The lowest BCUT2D eigenvalue weighted by Crippen LogP contribution is -2.38. The number of rotatable bonds is 7. The van der Waals surface area contributed by atoms with Crippen molar-refractivity contribution in [1.29, 1.82) is 0 Å². The average molecular weight is 200 g/mol. The summed E-state index contributed by atoms with van der Waals surface area (Å²) in [7, 11) is 4.26. The Morgan fingerprint density at radius 2 is 1.64 bits per heavy atom. The molecular formula is C12H28N2. The van der Waals surface area contributed by atoms with Crippen molar-refractivity contribution in [3.8, 4) is 0 Å². The molecule has 0 spiro atoms. The Hall–Kier alpha value is -0.0800. The number of nitrogens with one attached hydrogen (secondary N) is 1. The molecule has 0 heterocycles. The van der Waals surface area contributed by atoms with Crippen LogP contribution in [0.2, 0.25) is 0 Å². The van der Waals surface area contributed by atoms with Crippen molar-refractivity contribution < 1.29 is 0 Å². The van der Waals surface area contributed by atoms with Gasteiger partial charge in [-0.1, -0.05) is 13.8 Å². The molecule has 0 aromatic heterocycles. The summed E-state index contributed by atoms with van der Waals surface area (Å²) in [5.41, 5.74) is 0. The molecule has 2 nitrogen and oxygen atoms in total. The second kappa shape index (κ2) is 7.24. The first kappa shape index (κ1) is 13.9. The van der Waals surface area contributed by atoms with Crippen molar-refractivity contribution in [1.82, 2.24) is 10.2 Å². The molecule has 0 rings (SSSR count). The fourth-order valence-corrected chi connectivity index (χ4v) is 1.84. The molecule has 0 amide bonds. The predicted molar refractivity (Wildman–Crippen MR) is 64.7 cm³/mol. The molecule has 0 aromatic rings. The van der Waals surface area contributed by atoms with Crippen LogP contribution < -0.4 is 5.32 Å². The van der Waals surface area contributed by atoms with Crippen LogP contribution in [-0.2, 0) is 0 Å². The molecular weight excluding hydrogens is 172 g/mol. The second-order valence-electron chi connectivity index (χ2n) is 4.89. The number of hydrogen-bond donors (Lipinski definition) is 1. The van der Waals surface area contributed by atoms with Crippen LogP contribution in [0.4, 0.5) is 0 Å². The lowest BCUT2D eigenvalue weighted by atomic mass is 10.0. The van der Waals surface area contributed by atoms with E-state index in [1.54, 1.807) is 0 Å². The minimum atomic E-state index is 0.677. The first-order valence-electron chi connectivity index (χ1n) is 5.85. The van der Waals surface area contributed by atoms with E-state index in [1.165, 1.54) is 12.8 Å². The van der Waals surface area contributed by atoms with Gasteiger partial charge in [0, 0.05) is 12.1 Å². The van der Waals surface area contributed by atoms with Crippen molar-refractivity contribution in [2.45, 2.75) is 52.6 Å². The summed E-state index contributed by atoms with van der Waals surface area (Å²) in [6.45, 7) is 10.3. The largest absolute Gasteiger partial charge is 0.320 e. The lowest BCUT2D eigenvalue weighted by molar-refractivity contribution is 0.168. The van der Waals surface area contributed by atoms with Crippen LogP contribution in [0.15, 0.2) is 0 Å². The van der Waals surface area contributed by atoms with E-state index in [1.807, 2.05) is 7.05 Å². The van der Waals surface area contributed by atoms with Gasteiger partial charge in [-0.05, 0) is 53.2 Å². The van der Waals surface area contributed by atoms with Crippen molar-refractivity contribution in [2.24, 2.45) is 5.92 Å². The first-order chi connectivity index (χ1) is 6.49. The van der Waals surface area contributed by atoms with E-state index in [0.29, 0.717) is 12.1 Å². The van der Waals surface area contributed by atoms with Crippen molar-refractivity contribution >= 4 is 0 Å². The summed E-state index contributed by atoms with van der Waals surface area (Å²) in [5.74, 6) is 0.795. The second-order valence-corrected chi connectivity index (χ2v) is 4.89. The highest BCUT2D eigenvalue weighted by Crippen LogP contribution is 2.13. The number of nitrogens with zero attached hydrogens (tertiary/aromatic N) is 1. The maximum atomic E-state index is 3.21. The quantitative estimate of drug-likeness (QED) is 0.678. The van der Waals surface area contributed by atoms with Gasteiger partial charge in [-0.3, -0.25) is 0 Å². The van der Waals surface area contributed by atoms with Crippen LogP contribution in [0.1, 0.15) is 40.5 Å². The molecule has 0 saturated heterocycles. The predicted octanol–water partition coefficient (Wildman–Crippen LogP) is 2.35. The molecule has 0 saturated carbocycles. The molecule has 0 aliphatic carbocycles. The van der Waals surface area contributed by atoms with Crippen LogP contribution in [0.25, 0.3) is 0 Å². The van der Waals surface area contributed by atoms with E-state index >= 15 is 0 Å². The van der Waals surface area contributed by atoms with Gasteiger partial charge in [0.15, 0.2) is 0 Å². The summed E-state index contributed by atoms with van der Waals surface area (Å²) >= 11 is 0. The molecule has 2 atom stereocenters. The lowest BCUT2D eigenvalue weighted by Gasteiger charge is -2.31. The Balaban J connectivity index is 3.84. The van der Waals surface area contributed by atoms with Gasteiger partial charge in [0.2, 0.25) is 0 Å². The Labute approximate surface area is 90.1 Å². The van der Waals surface area contributed by atoms with Crippen LogP contribution in [0, 0.1) is 5.92 Å². The van der Waals surface area contributed by atoms with E-state index in [9.17, 15) is 0 Å². The van der Waals surface area contributed by atoms with Gasteiger partial charge in [-0.15, -0.1) is 0 Å². The molecule has 2 unspecified atom stereocenters. The normalized spacial score (nSPS) is 16.3. The maximum Gasteiger partial charge on any atom is 0.00787 e. The van der Waals surface area contributed by atoms with Crippen LogP contribution >= 0.6 is 0 Å². The van der Waals surface area contributed by atoms with E-state index < -0.39 is 0 Å². The summed E-state index contributed by atoms with van der Waals surface area (Å²) in [6, 6.07) is 1.37. The summed E-state index contributed by atoms with van der Waals surface area (Å²) in [6.07, 6.45) is 2.52. The van der Waals surface area contributed by atoms with E-state index in [2.05, 4.69) is 45.0 Å². The third-order valence-electron chi connectivity index (χ3n) is 3.02. The maximum absolute atomic E-state index is 3.21. The molecule has 0 radical (unpaired) electrons. The Bertz CT molecular complexity index is 134. The molecule has 0 aromatic carbocycles. The van der Waals surface area contributed by atoms with Crippen LogP contribution in [-0.4, -0.2) is 37.6 Å². The monoisotopic (exact) mass is 200 g/mol. The highest BCUT2D eigenvalue weighted by atomic mass is 15.1. The van der Waals surface area contributed by atoms with Gasteiger partial charge in [0.05, 0.1) is 0 Å². The molecule has 2 heteroatoms. The minimum absolute atomic E-state index is 0.677. The zero-order valence-electron chi connectivity index (χ0n) is 10.8. The van der Waals surface area contributed by atoms with E-state index in [4.69, 9.17) is 0 Å². The van der Waals surface area contributed by atoms with Crippen molar-refractivity contribution in [3.05, 3.63) is 0 Å². The fraction of sp³-hybridized carbons (Fsp3) is 1.00. The highest BCUT2D eigenvalue weighted by Gasteiger charge is 2.15. The molecule has 1 N–H and O–H groups in total. The summed E-state index contributed by atoms with van der Waals surface area (Å²) in [4.78, 5) is 2.50. The van der Waals surface area contributed by atoms with Crippen LogP contribution in [0.5, 0.6) is 0 Å². The fourth-order valence-electron chi connectivity index (χ4n) is 1.84. The van der Waals surface area contributed by atoms with Gasteiger partial charge in [-0.25, -0.2) is 0 Å². The third-order valence-corrected chi connectivity index (χ3v) is 3.02. The van der Waals surface area contributed by atoms with Crippen LogP contribution in [0.3, 0.4) is 0 Å². The van der Waals surface area contributed by atoms with Gasteiger partial charge < -0.3 is 10.2 Å². The third kappa shape index (κ3) is 5.61. The van der Waals surface area contributed by atoms with Crippen molar-refractivity contribution in [2.75, 3.05) is 20.6 Å². The number of hydrogen-bond acceptors (Lipinski definition) is 2. The molecule has 0 aliphatic heterocycles. The van der Waals surface area contributed by atoms with E-state index in [-0.39, 0.29) is 0 Å². The van der Waals surface area contributed by atoms with Crippen molar-refractivity contribution in [3.63, 3.8) is 0 Å². The molecule has 14 heavy (non-hydrogen) atoms. The smallest absolute Gasteiger partial charge is 0.00787 e. The topological polar surface area (TPSA) is 15.3 Å². The standard InChI is InChI=1S/C12H28N2/c1-10(2)9-12(4)14(6)11(3)7-8-13-5/h10-13H,7-9H2,1-6H3. The van der Waals surface area contributed by atoms with Gasteiger partial charge in [0.25, 0.3) is 0 Å². The average Bonchev–Trinajstić information content (AvgIpc) is 2.11. The van der Waals surface area contributed by atoms with E-state index in [0.717, 1.165) is 12.5 Å². The van der Waals surface area contributed by atoms with Gasteiger partial charge in [-0.2, -0.15) is 0 Å². The Morgan fingerprint density at radius 3 is 2.07 bits per heavy atom. The molecule has 0 aliphatic rings. The first-order valence-corrected chi connectivity index (χ1v) is 5.85. The van der Waals surface area contributed by atoms with Gasteiger partial charge in [0.1, 0.15) is 0 Å². The zero-order valence-corrected chi connectivity index (χ0v) is 10.8. The van der Waals surface area contributed by atoms with Gasteiger partial charge >= 0.3 is 0 Å². The Kier molecular flexibility index (Phi) is 7.20. The zero-order chi connectivity index (χ0) is 11.1. The SMILES string of the molecule is CNCCC(C)N(C)C(C)CC(C)C. The summed E-state index contributed by atoms with van der Waals surface area (Å²) < 4.78 is 0. The molecule has 86 valence electrons. The molecule has 0 bridgehead atoms. The Morgan fingerprint density at radius 1 is 1.07 bits per heavy atom. The molecule has 0 fully saturated rings. The highest BCUT2D eigenvalue weighted by molar-refractivity contribution is 4.71.